The van der Waals surface area contributed by atoms with Gasteiger partial charge in [0.15, 0.2) is 0 Å². The normalized spacial score (nSPS) is 11.5. The maximum atomic E-state index is 12.3. The third-order valence-corrected chi connectivity index (χ3v) is 6.36. The van der Waals surface area contributed by atoms with Crippen molar-refractivity contribution in [2.75, 3.05) is 16.3 Å². The molecule has 0 aliphatic rings. The Bertz CT molecular complexity index is 1720. The SMILES string of the molecule is CS(=O)(=O)Nc1ccc2ccccc2c1-c1c(Nc2ccccc2[N+](=O)[O-])ccc2ccccc12. The Morgan fingerprint density at radius 1 is 0.657 bits per heavy atom. The van der Waals surface area contributed by atoms with Crippen molar-refractivity contribution in [3.8, 4) is 11.1 Å². The van der Waals surface area contributed by atoms with Gasteiger partial charge in [0, 0.05) is 22.9 Å². The molecule has 5 aromatic carbocycles. The highest BCUT2D eigenvalue weighted by atomic mass is 32.2. The van der Waals surface area contributed by atoms with Crippen molar-refractivity contribution in [3.05, 3.63) is 107 Å². The smallest absolute Gasteiger partial charge is 0.292 e. The minimum absolute atomic E-state index is 0.0565. The number of fused-ring (bicyclic) bond motifs is 2. The number of sulfonamides is 1. The molecule has 0 aromatic heterocycles. The second kappa shape index (κ2) is 8.73. The first-order valence-electron chi connectivity index (χ1n) is 10.8. The first kappa shape index (κ1) is 22.4. The number of hydrogen-bond donors (Lipinski definition) is 2. The monoisotopic (exact) mass is 483 g/mol. The summed E-state index contributed by atoms with van der Waals surface area (Å²) in [4.78, 5) is 11.2. The summed E-state index contributed by atoms with van der Waals surface area (Å²) >= 11 is 0. The fourth-order valence-electron chi connectivity index (χ4n) is 4.35. The molecule has 35 heavy (non-hydrogen) atoms. The van der Waals surface area contributed by atoms with Gasteiger partial charge in [0.2, 0.25) is 10.0 Å². The molecule has 7 nitrogen and oxygen atoms in total. The maximum Gasteiger partial charge on any atom is 0.292 e. The van der Waals surface area contributed by atoms with Gasteiger partial charge in [-0.25, -0.2) is 8.42 Å². The topological polar surface area (TPSA) is 101 Å². The van der Waals surface area contributed by atoms with Gasteiger partial charge < -0.3 is 5.32 Å². The molecule has 0 fully saturated rings. The number of nitrogens with zero attached hydrogens (tertiary/aromatic N) is 1. The van der Waals surface area contributed by atoms with Crippen molar-refractivity contribution in [3.63, 3.8) is 0 Å². The Balaban J connectivity index is 1.87. The summed E-state index contributed by atoms with van der Waals surface area (Å²) < 4.78 is 27.2. The van der Waals surface area contributed by atoms with Crippen LogP contribution < -0.4 is 10.0 Å². The van der Waals surface area contributed by atoms with Crippen LogP contribution in [0.3, 0.4) is 0 Å². The molecular formula is C27H21N3O4S. The highest BCUT2D eigenvalue weighted by molar-refractivity contribution is 7.92. The van der Waals surface area contributed by atoms with Crippen LogP contribution in [0.5, 0.6) is 0 Å². The number of nitro benzene ring substituents is 1. The van der Waals surface area contributed by atoms with Crippen LogP contribution in [0.25, 0.3) is 32.7 Å². The summed E-state index contributed by atoms with van der Waals surface area (Å²) in [6.07, 6.45) is 1.11. The third-order valence-electron chi connectivity index (χ3n) is 5.77. The van der Waals surface area contributed by atoms with E-state index in [1.54, 1.807) is 24.3 Å². The van der Waals surface area contributed by atoms with Gasteiger partial charge in [0.05, 0.1) is 16.9 Å². The minimum atomic E-state index is -3.58. The minimum Gasteiger partial charge on any atom is -0.349 e. The zero-order valence-electron chi connectivity index (χ0n) is 18.7. The molecular weight excluding hydrogens is 462 g/mol. The van der Waals surface area contributed by atoms with E-state index in [0.717, 1.165) is 33.4 Å². The van der Waals surface area contributed by atoms with E-state index in [-0.39, 0.29) is 5.69 Å². The largest absolute Gasteiger partial charge is 0.349 e. The molecule has 5 rings (SSSR count). The van der Waals surface area contributed by atoms with E-state index in [4.69, 9.17) is 0 Å². The number of nitro groups is 1. The Morgan fingerprint density at radius 2 is 1.17 bits per heavy atom. The predicted molar refractivity (Wildman–Crippen MR) is 142 cm³/mol. The second-order valence-electron chi connectivity index (χ2n) is 8.19. The summed E-state index contributed by atoms with van der Waals surface area (Å²) in [7, 11) is -3.58. The number of hydrogen-bond acceptors (Lipinski definition) is 5. The van der Waals surface area contributed by atoms with Crippen LogP contribution in [0, 0.1) is 10.1 Å². The first-order chi connectivity index (χ1) is 16.8. The molecule has 0 unspecified atom stereocenters. The number of nitrogens with one attached hydrogen (secondary N) is 2. The van der Waals surface area contributed by atoms with Crippen LogP contribution in [-0.2, 0) is 10.0 Å². The zero-order chi connectivity index (χ0) is 24.6. The lowest BCUT2D eigenvalue weighted by Gasteiger charge is -2.20. The van der Waals surface area contributed by atoms with E-state index < -0.39 is 14.9 Å². The van der Waals surface area contributed by atoms with Gasteiger partial charge in [0.1, 0.15) is 5.69 Å². The standard InChI is InChI=1S/C27H21N3O4S/c1-35(33,34)29-24-17-15-19-9-3-5-11-21(19)27(24)26-20-10-4-2-8-18(20)14-16-23(26)28-22-12-6-7-13-25(22)30(31)32/h2-17,28-29H,1H3. The van der Waals surface area contributed by atoms with Gasteiger partial charge in [-0.1, -0.05) is 72.8 Å². The highest BCUT2D eigenvalue weighted by Gasteiger charge is 2.20. The van der Waals surface area contributed by atoms with Crippen molar-refractivity contribution in [2.24, 2.45) is 0 Å². The van der Waals surface area contributed by atoms with Gasteiger partial charge in [-0.05, 0) is 39.7 Å². The summed E-state index contributed by atoms with van der Waals surface area (Å²) in [6.45, 7) is 0. The van der Waals surface area contributed by atoms with Crippen molar-refractivity contribution in [2.45, 2.75) is 0 Å². The fourth-order valence-corrected chi connectivity index (χ4v) is 4.92. The van der Waals surface area contributed by atoms with Crippen LogP contribution >= 0.6 is 0 Å². The Labute approximate surface area is 202 Å². The van der Waals surface area contributed by atoms with E-state index in [9.17, 15) is 18.5 Å². The molecule has 8 heteroatoms. The highest BCUT2D eigenvalue weighted by Crippen LogP contribution is 2.45. The van der Waals surface area contributed by atoms with E-state index in [2.05, 4.69) is 10.0 Å². The lowest BCUT2D eigenvalue weighted by molar-refractivity contribution is -0.383. The van der Waals surface area contributed by atoms with Crippen LogP contribution in [0.2, 0.25) is 0 Å². The number of benzene rings is 5. The van der Waals surface area contributed by atoms with Crippen LogP contribution in [0.15, 0.2) is 97.1 Å². The Hall–Kier alpha value is -4.43. The summed E-state index contributed by atoms with van der Waals surface area (Å²) in [5, 5.41) is 18.5. The summed E-state index contributed by atoms with van der Waals surface area (Å²) in [6, 6.07) is 29.3. The van der Waals surface area contributed by atoms with E-state index in [0.29, 0.717) is 22.6 Å². The molecule has 0 atom stereocenters. The molecule has 0 saturated heterocycles. The predicted octanol–water partition coefficient (Wildman–Crippen LogP) is 6.68. The summed E-state index contributed by atoms with van der Waals surface area (Å²) in [5.74, 6) is 0. The van der Waals surface area contributed by atoms with Gasteiger partial charge >= 0.3 is 0 Å². The molecule has 0 heterocycles. The molecule has 0 radical (unpaired) electrons. The van der Waals surface area contributed by atoms with Crippen molar-refractivity contribution < 1.29 is 13.3 Å². The lowest BCUT2D eigenvalue weighted by atomic mass is 9.91. The van der Waals surface area contributed by atoms with Gasteiger partial charge in [-0.15, -0.1) is 0 Å². The van der Waals surface area contributed by atoms with Gasteiger partial charge in [-0.2, -0.15) is 0 Å². The first-order valence-corrected chi connectivity index (χ1v) is 12.7. The van der Waals surface area contributed by atoms with Crippen LogP contribution in [-0.4, -0.2) is 19.6 Å². The molecule has 0 amide bonds. The molecule has 0 bridgehead atoms. The van der Waals surface area contributed by atoms with Gasteiger partial charge in [0.25, 0.3) is 5.69 Å². The van der Waals surface area contributed by atoms with Crippen molar-refractivity contribution in [1.29, 1.82) is 0 Å². The fraction of sp³-hybridized carbons (Fsp3) is 0.0370. The molecule has 0 aliphatic carbocycles. The second-order valence-corrected chi connectivity index (χ2v) is 9.94. The van der Waals surface area contributed by atoms with Gasteiger partial charge in [-0.3, -0.25) is 14.8 Å². The average Bonchev–Trinajstić information content (AvgIpc) is 2.83. The zero-order valence-corrected chi connectivity index (χ0v) is 19.5. The third kappa shape index (κ3) is 4.39. The summed E-state index contributed by atoms with van der Waals surface area (Å²) in [5.41, 5.74) is 2.75. The Morgan fingerprint density at radius 3 is 1.77 bits per heavy atom. The quantitative estimate of drug-likeness (QED) is 0.207. The molecule has 174 valence electrons. The number of anilines is 3. The number of rotatable bonds is 6. The van der Waals surface area contributed by atoms with Crippen molar-refractivity contribution in [1.82, 2.24) is 0 Å². The van der Waals surface area contributed by atoms with E-state index in [1.165, 1.54) is 6.07 Å². The van der Waals surface area contributed by atoms with Crippen molar-refractivity contribution >= 4 is 54.3 Å². The number of para-hydroxylation sites is 2. The average molecular weight is 484 g/mol. The molecule has 0 saturated carbocycles. The molecule has 5 aromatic rings. The molecule has 0 aliphatic heterocycles. The van der Waals surface area contributed by atoms with E-state index >= 15 is 0 Å². The molecule has 2 N–H and O–H groups in total. The van der Waals surface area contributed by atoms with Crippen LogP contribution in [0.1, 0.15) is 0 Å². The lowest BCUT2D eigenvalue weighted by Crippen LogP contribution is -2.11. The van der Waals surface area contributed by atoms with Crippen LogP contribution in [0.4, 0.5) is 22.7 Å². The van der Waals surface area contributed by atoms with E-state index in [1.807, 2.05) is 66.7 Å². The maximum absolute atomic E-state index is 12.3. The molecule has 0 spiro atoms. The Kier molecular flexibility index (Phi) is 5.58.